The third-order valence-corrected chi connectivity index (χ3v) is 6.36. The molecule has 5 heteroatoms. The molecule has 0 aliphatic carbocycles. The fourth-order valence-corrected chi connectivity index (χ4v) is 4.98. The Balaban J connectivity index is 2.07. The second-order valence-corrected chi connectivity index (χ2v) is 8.87. The van der Waals surface area contributed by atoms with Crippen LogP contribution in [-0.4, -0.2) is 26.7 Å². The maximum atomic E-state index is 10.5. The summed E-state index contributed by atoms with van der Waals surface area (Å²) >= 11 is 7.24. The van der Waals surface area contributed by atoms with Gasteiger partial charge in [0.2, 0.25) is 0 Å². The largest absolute Gasteiger partial charge is 0.481 e. The molecular formula is C19H35NO2S2. The Bertz CT molecular complexity index is 363. The van der Waals surface area contributed by atoms with E-state index in [4.69, 9.17) is 17.3 Å². The molecule has 1 saturated heterocycles. The van der Waals surface area contributed by atoms with E-state index in [0.717, 1.165) is 23.6 Å². The van der Waals surface area contributed by atoms with Crippen LogP contribution in [0.2, 0.25) is 0 Å². The number of unbranched alkanes of at least 4 members (excludes halogenated alkanes) is 9. The van der Waals surface area contributed by atoms with Crippen LogP contribution < -0.4 is 5.32 Å². The lowest BCUT2D eigenvalue weighted by Gasteiger charge is -2.18. The lowest BCUT2D eigenvalue weighted by molar-refractivity contribution is -0.137. The van der Waals surface area contributed by atoms with Crippen molar-refractivity contribution in [2.75, 3.05) is 0 Å². The summed E-state index contributed by atoms with van der Waals surface area (Å²) in [6, 6.07) is 0.553. The van der Waals surface area contributed by atoms with E-state index in [1.54, 1.807) is 0 Å². The van der Waals surface area contributed by atoms with Gasteiger partial charge in [-0.05, 0) is 19.3 Å². The second-order valence-electron chi connectivity index (χ2n) is 6.95. The van der Waals surface area contributed by atoms with Crippen LogP contribution in [0.5, 0.6) is 0 Å². The quantitative estimate of drug-likeness (QED) is 0.276. The highest BCUT2D eigenvalue weighted by atomic mass is 32.2. The van der Waals surface area contributed by atoms with E-state index in [1.165, 1.54) is 64.2 Å². The lowest BCUT2D eigenvalue weighted by Crippen LogP contribution is -2.31. The highest BCUT2D eigenvalue weighted by Gasteiger charge is 2.29. The standard InChI is InChI=1S/C19H35NO2S2/c1-2-3-4-5-8-11-14-17-16(20-19(23)24-17)13-10-7-6-9-12-15-18(21)22/h16-17H,2-15H2,1H3,(H,20,23)(H,21,22)/t16-,17+/m0/s1. The number of thioether (sulfide) groups is 1. The topological polar surface area (TPSA) is 49.3 Å². The molecule has 2 atom stereocenters. The summed E-state index contributed by atoms with van der Waals surface area (Å²) in [5.41, 5.74) is 0. The summed E-state index contributed by atoms with van der Waals surface area (Å²) < 4.78 is 0.984. The van der Waals surface area contributed by atoms with E-state index in [-0.39, 0.29) is 0 Å². The van der Waals surface area contributed by atoms with E-state index in [9.17, 15) is 4.79 Å². The number of thiocarbonyl (C=S) groups is 1. The molecule has 0 aromatic carbocycles. The van der Waals surface area contributed by atoms with Crippen molar-refractivity contribution in [3.05, 3.63) is 0 Å². The molecule has 0 spiro atoms. The molecule has 1 rings (SSSR count). The van der Waals surface area contributed by atoms with Gasteiger partial charge in [0.05, 0.1) is 0 Å². The van der Waals surface area contributed by atoms with Crippen LogP contribution in [0.4, 0.5) is 0 Å². The first kappa shape index (κ1) is 21.8. The zero-order valence-corrected chi connectivity index (χ0v) is 16.9. The van der Waals surface area contributed by atoms with Crippen molar-refractivity contribution in [2.24, 2.45) is 0 Å². The van der Waals surface area contributed by atoms with Gasteiger partial charge in [-0.15, -0.1) is 0 Å². The molecule has 0 bridgehead atoms. The number of carbonyl (C=O) groups is 1. The van der Waals surface area contributed by atoms with Crippen LogP contribution in [0.15, 0.2) is 0 Å². The van der Waals surface area contributed by atoms with Gasteiger partial charge in [-0.1, -0.05) is 95.1 Å². The first-order valence-electron chi connectivity index (χ1n) is 9.82. The molecule has 0 radical (unpaired) electrons. The van der Waals surface area contributed by atoms with Gasteiger partial charge in [-0.3, -0.25) is 4.79 Å². The number of nitrogens with one attached hydrogen (secondary N) is 1. The summed E-state index contributed by atoms with van der Waals surface area (Å²) in [5, 5.41) is 12.8. The van der Waals surface area contributed by atoms with E-state index in [2.05, 4.69) is 12.2 Å². The van der Waals surface area contributed by atoms with Gasteiger partial charge in [0.15, 0.2) is 0 Å². The third-order valence-electron chi connectivity index (χ3n) is 4.76. The molecule has 1 aliphatic rings. The molecule has 0 aromatic rings. The van der Waals surface area contributed by atoms with Crippen molar-refractivity contribution in [3.8, 4) is 0 Å². The van der Waals surface area contributed by atoms with Crippen LogP contribution in [0, 0.1) is 0 Å². The van der Waals surface area contributed by atoms with Crippen LogP contribution in [0.1, 0.15) is 96.8 Å². The molecule has 2 N–H and O–H groups in total. The molecule has 0 unspecified atom stereocenters. The predicted molar refractivity (Wildman–Crippen MR) is 109 cm³/mol. The van der Waals surface area contributed by atoms with Crippen molar-refractivity contribution in [1.82, 2.24) is 5.32 Å². The Hall–Kier alpha value is -0.290. The van der Waals surface area contributed by atoms with E-state index in [1.807, 2.05) is 11.8 Å². The minimum Gasteiger partial charge on any atom is -0.481 e. The number of rotatable bonds is 15. The first-order valence-corrected chi connectivity index (χ1v) is 11.1. The molecule has 0 saturated carbocycles. The minimum absolute atomic E-state index is 0.315. The van der Waals surface area contributed by atoms with Crippen LogP contribution >= 0.6 is 24.0 Å². The molecule has 1 fully saturated rings. The van der Waals surface area contributed by atoms with Gasteiger partial charge in [-0.25, -0.2) is 0 Å². The fraction of sp³-hybridized carbons (Fsp3) is 0.895. The zero-order chi connectivity index (χ0) is 17.6. The molecule has 0 amide bonds. The Morgan fingerprint density at radius 1 is 1.00 bits per heavy atom. The van der Waals surface area contributed by atoms with Gasteiger partial charge in [0.1, 0.15) is 4.32 Å². The summed E-state index contributed by atoms with van der Waals surface area (Å²) in [7, 11) is 0. The van der Waals surface area contributed by atoms with E-state index < -0.39 is 5.97 Å². The summed E-state index contributed by atoms with van der Waals surface area (Å²) in [5.74, 6) is -0.673. The predicted octanol–water partition coefficient (Wildman–Crippen LogP) is 5.91. The number of carboxylic acids is 1. The average molecular weight is 374 g/mol. The Morgan fingerprint density at radius 3 is 2.25 bits per heavy atom. The maximum Gasteiger partial charge on any atom is 0.303 e. The molecular weight excluding hydrogens is 338 g/mol. The van der Waals surface area contributed by atoms with Gasteiger partial charge in [0.25, 0.3) is 0 Å². The van der Waals surface area contributed by atoms with Crippen molar-refractivity contribution in [3.63, 3.8) is 0 Å². The Kier molecular flexibility index (Phi) is 12.6. The highest BCUT2D eigenvalue weighted by molar-refractivity contribution is 8.23. The fourth-order valence-electron chi connectivity index (χ4n) is 3.31. The zero-order valence-electron chi connectivity index (χ0n) is 15.2. The van der Waals surface area contributed by atoms with Gasteiger partial charge >= 0.3 is 5.97 Å². The Morgan fingerprint density at radius 2 is 1.58 bits per heavy atom. The Labute approximate surface area is 157 Å². The molecule has 140 valence electrons. The smallest absolute Gasteiger partial charge is 0.303 e. The van der Waals surface area contributed by atoms with Crippen molar-refractivity contribution >= 4 is 34.3 Å². The van der Waals surface area contributed by atoms with Crippen LogP contribution in [0.25, 0.3) is 0 Å². The van der Waals surface area contributed by atoms with Gasteiger partial charge in [0, 0.05) is 17.7 Å². The molecule has 0 aromatic heterocycles. The lowest BCUT2D eigenvalue weighted by atomic mass is 9.99. The molecule has 24 heavy (non-hydrogen) atoms. The van der Waals surface area contributed by atoms with Crippen molar-refractivity contribution in [2.45, 2.75) is 108 Å². The van der Waals surface area contributed by atoms with Crippen molar-refractivity contribution < 1.29 is 9.90 Å². The number of aliphatic carboxylic acids is 1. The van der Waals surface area contributed by atoms with Crippen molar-refractivity contribution in [1.29, 1.82) is 0 Å². The third kappa shape index (κ3) is 10.5. The molecule has 1 heterocycles. The van der Waals surface area contributed by atoms with Crippen LogP contribution in [-0.2, 0) is 4.79 Å². The number of hydrogen-bond donors (Lipinski definition) is 2. The SMILES string of the molecule is CCCCCCCC[C@H]1SC(=S)N[C@H]1CCCCCCCC(=O)O. The maximum absolute atomic E-state index is 10.5. The van der Waals surface area contributed by atoms with Gasteiger partial charge < -0.3 is 10.4 Å². The van der Waals surface area contributed by atoms with E-state index in [0.29, 0.717) is 17.7 Å². The van der Waals surface area contributed by atoms with Gasteiger partial charge in [-0.2, -0.15) is 0 Å². The summed E-state index contributed by atoms with van der Waals surface area (Å²) in [6.07, 6.45) is 16.4. The first-order chi connectivity index (χ1) is 11.6. The summed E-state index contributed by atoms with van der Waals surface area (Å²) in [6.45, 7) is 2.26. The normalized spacial score (nSPS) is 20.3. The monoisotopic (exact) mass is 373 g/mol. The minimum atomic E-state index is -0.673. The molecule has 3 nitrogen and oxygen atoms in total. The number of hydrogen-bond acceptors (Lipinski definition) is 3. The number of carboxylic acid groups (broad SMARTS) is 1. The van der Waals surface area contributed by atoms with Crippen LogP contribution in [0.3, 0.4) is 0 Å². The van der Waals surface area contributed by atoms with E-state index >= 15 is 0 Å². The molecule has 1 aliphatic heterocycles. The highest BCUT2D eigenvalue weighted by Crippen LogP contribution is 2.31. The summed E-state index contributed by atoms with van der Waals surface area (Å²) in [4.78, 5) is 10.5. The second kappa shape index (κ2) is 13.9. The average Bonchev–Trinajstić information content (AvgIpc) is 2.89.